The van der Waals surface area contributed by atoms with Crippen molar-refractivity contribution in [2.75, 3.05) is 13.6 Å². The van der Waals surface area contributed by atoms with Crippen LogP contribution in [0.4, 0.5) is 4.39 Å². The molecule has 0 saturated heterocycles. The molecule has 1 aromatic rings. The summed E-state index contributed by atoms with van der Waals surface area (Å²) in [6.07, 6.45) is 0. The van der Waals surface area contributed by atoms with Crippen LogP contribution in [-0.2, 0) is 16.6 Å². The average Bonchev–Trinajstić information content (AvgIpc) is 2.30. The lowest BCUT2D eigenvalue weighted by molar-refractivity contribution is 0.274. The summed E-state index contributed by atoms with van der Waals surface area (Å²) in [6.45, 7) is 1.34. The maximum Gasteiger partial charge on any atom is 0.245 e. The molecular formula is C10H13BrFNO3S. The molecule has 0 aliphatic heterocycles. The van der Waals surface area contributed by atoms with E-state index in [1.165, 1.54) is 19.2 Å². The Labute approximate surface area is 108 Å². The molecule has 0 heterocycles. The molecule has 0 fully saturated rings. The van der Waals surface area contributed by atoms with E-state index < -0.39 is 27.3 Å². The first-order valence-corrected chi connectivity index (χ1v) is 7.13. The average molecular weight is 326 g/mol. The molecule has 0 amide bonds. The molecule has 0 unspecified atom stereocenters. The largest absolute Gasteiger partial charge is 0.392 e. The molecule has 17 heavy (non-hydrogen) atoms. The minimum Gasteiger partial charge on any atom is -0.392 e. The summed E-state index contributed by atoms with van der Waals surface area (Å²) in [6, 6.07) is 2.54. The second kappa shape index (κ2) is 5.43. The van der Waals surface area contributed by atoms with Crippen LogP contribution < -0.4 is 0 Å². The number of halogens is 2. The van der Waals surface area contributed by atoms with E-state index in [0.717, 1.165) is 4.31 Å². The van der Waals surface area contributed by atoms with Gasteiger partial charge >= 0.3 is 0 Å². The van der Waals surface area contributed by atoms with Crippen LogP contribution >= 0.6 is 15.9 Å². The van der Waals surface area contributed by atoms with Crippen molar-refractivity contribution < 1.29 is 17.9 Å². The maximum absolute atomic E-state index is 13.9. The van der Waals surface area contributed by atoms with Crippen molar-refractivity contribution in [2.24, 2.45) is 0 Å². The summed E-state index contributed by atoms with van der Waals surface area (Å²) in [5.41, 5.74) is -0.0533. The van der Waals surface area contributed by atoms with Crippen LogP contribution in [0.3, 0.4) is 0 Å². The van der Waals surface area contributed by atoms with Gasteiger partial charge in [-0.25, -0.2) is 17.1 Å². The van der Waals surface area contributed by atoms with E-state index in [0.29, 0.717) is 4.47 Å². The third-order valence-electron chi connectivity index (χ3n) is 2.38. The minimum absolute atomic E-state index is 0.0533. The molecule has 1 rings (SSSR count). The molecule has 0 radical (unpaired) electrons. The number of benzene rings is 1. The number of nitrogens with zero attached hydrogens (tertiary/aromatic N) is 1. The lowest BCUT2D eigenvalue weighted by atomic mass is 10.2. The van der Waals surface area contributed by atoms with Gasteiger partial charge < -0.3 is 5.11 Å². The van der Waals surface area contributed by atoms with Crippen LogP contribution in [0.15, 0.2) is 21.5 Å². The molecule has 0 saturated carbocycles. The Morgan fingerprint density at radius 2 is 2.06 bits per heavy atom. The molecule has 0 aliphatic carbocycles. The Morgan fingerprint density at radius 1 is 1.47 bits per heavy atom. The third kappa shape index (κ3) is 2.85. The summed E-state index contributed by atoms with van der Waals surface area (Å²) in [7, 11) is -2.49. The number of hydrogen-bond donors (Lipinski definition) is 1. The normalized spacial score (nSPS) is 12.1. The van der Waals surface area contributed by atoms with Gasteiger partial charge in [0.2, 0.25) is 10.0 Å². The highest BCUT2D eigenvalue weighted by Gasteiger charge is 2.25. The zero-order valence-electron chi connectivity index (χ0n) is 9.44. The van der Waals surface area contributed by atoms with Gasteiger partial charge in [0.1, 0.15) is 10.7 Å². The molecule has 0 aromatic heterocycles. The number of aliphatic hydroxyl groups excluding tert-OH is 1. The van der Waals surface area contributed by atoms with E-state index in [4.69, 9.17) is 5.11 Å². The summed E-state index contributed by atoms with van der Waals surface area (Å²) < 4.78 is 39.3. The molecule has 1 aromatic carbocycles. The predicted molar refractivity (Wildman–Crippen MR) is 65.5 cm³/mol. The molecule has 4 nitrogen and oxygen atoms in total. The Bertz CT molecular complexity index is 519. The standard InChI is InChI=1S/C10H13BrFNO3S/c1-3-13(2)17(15,16)9-5-8(11)4-7(6-14)10(9)12/h4-5,14H,3,6H2,1-2H3. The molecule has 0 bridgehead atoms. The van der Waals surface area contributed by atoms with E-state index in [1.54, 1.807) is 6.92 Å². The topological polar surface area (TPSA) is 57.6 Å². The van der Waals surface area contributed by atoms with Crippen LogP contribution in [0.1, 0.15) is 12.5 Å². The minimum atomic E-state index is -3.86. The number of hydrogen-bond acceptors (Lipinski definition) is 3. The Hall–Kier alpha value is -0.500. The van der Waals surface area contributed by atoms with Gasteiger partial charge in [-0.3, -0.25) is 0 Å². The van der Waals surface area contributed by atoms with Crippen LogP contribution in [0, 0.1) is 5.82 Å². The SMILES string of the molecule is CCN(C)S(=O)(=O)c1cc(Br)cc(CO)c1F. The van der Waals surface area contributed by atoms with Crippen molar-refractivity contribution in [2.45, 2.75) is 18.4 Å². The van der Waals surface area contributed by atoms with Crippen molar-refractivity contribution in [1.29, 1.82) is 0 Å². The highest BCUT2D eigenvalue weighted by atomic mass is 79.9. The van der Waals surface area contributed by atoms with Crippen LogP contribution in [0.2, 0.25) is 0 Å². The Balaban J connectivity index is 3.47. The lowest BCUT2D eigenvalue weighted by Gasteiger charge is -2.16. The van der Waals surface area contributed by atoms with Gasteiger partial charge in [-0.2, -0.15) is 0 Å². The second-order valence-electron chi connectivity index (χ2n) is 3.45. The summed E-state index contributed by atoms with van der Waals surface area (Å²) >= 11 is 3.09. The summed E-state index contributed by atoms with van der Waals surface area (Å²) in [4.78, 5) is -0.430. The zero-order chi connectivity index (χ0) is 13.2. The smallest absolute Gasteiger partial charge is 0.245 e. The highest BCUT2D eigenvalue weighted by Crippen LogP contribution is 2.26. The van der Waals surface area contributed by atoms with Gasteiger partial charge in [-0.05, 0) is 12.1 Å². The van der Waals surface area contributed by atoms with E-state index in [1.807, 2.05) is 0 Å². The van der Waals surface area contributed by atoms with Gasteiger partial charge in [0.25, 0.3) is 0 Å². The van der Waals surface area contributed by atoms with E-state index >= 15 is 0 Å². The summed E-state index contributed by atoms with van der Waals surface area (Å²) in [5.74, 6) is -0.906. The third-order valence-corrected chi connectivity index (χ3v) is 4.77. The van der Waals surface area contributed by atoms with E-state index in [2.05, 4.69) is 15.9 Å². The first-order chi connectivity index (χ1) is 7.84. The summed E-state index contributed by atoms with van der Waals surface area (Å²) in [5, 5.41) is 8.96. The highest BCUT2D eigenvalue weighted by molar-refractivity contribution is 9.10. The number of sulfonamides is 1. The maximum atomic E-state index is 13.9. The Morgan fingerprint density at radius 3 is 2.53 bits per heavy atom. The van der Waals surface area contributed by atoms with Gasteiger partial charge in [0.15, 0.2) is 0 Å². The Kier molecular flexibility index (Phi) is 4.65. The fourth-order valence-corrected chi connectivity index (χ4v) is 3.22. The fraction of sp³-hybridized carbons (Fsp3) is 0.400. The molecule has 96 valence electrons. The molecular weight excluding hydrogens is 313 g/mol. The molecule has 0 aliphatic rings. The van der Waals surface area contributed by atoms with Gasteiger partial charge in [0, 0.05) is 23.6 Å². The van der Waals surface area contributed by atoms with E-state index in [9.17, 15) is 12.8 Å². The van der Waals surface area contributed by atoms with Crippen LogP contribution in [0.25, 0.3) is 0 Å². The fourth-order valence-electron chi connectivity index (χ4n) is 1.26. The molecule has 0 atom stereocenters. The van der Waals surface area contributed by atoms with Crippen molar-refractivity contribution in [1.82, 2.24) is 4.31 Å². The van der Waals surface area contributed by atoms with Crippen molar-refractivity contribution >= 4 is 26.0 Å². The number of aliphatic hydroxyl groups is 1. The van der Waals surface area contributed by atoms with Gasteiger partial charge in [0.05, 0.1) is 6.61 Å². The van der Waals surface area contributed by atoms with Gasteiger partial charge in [-0.1, -0.05) is 22.9 Å². The van der Waals surface area contributed by atoms with Crippen molar-refractivity contribution in [3.05, 3.63) is 28.0 Å². The number of rotatable bonds is 4. The lowest BCUT2D eigenvalue weighted by Crippen LogP contribution is -2.27. The molecule has 0 spiro atoms. The van der Waals surface area contributed by atoms with Gasteiger partial charge in [-0.15, -0.1) is 0 Å². The van der Waals surface area contributed by atoms with Crippen LogP contribution in [0.5, 0.6) is 0 Å². The monoisotopic (exact) mass is 325 g/mol. The second-order valence-corrected chi connectivity index (χ2v) is 6.38. The first-order valence-electron chi connectivity index (χ1n) is 4.89. The van der Waals surface area contributed by atoms with Crippen molar-refractivity contribution in [3.63, 3.8) is 0 Å². The zero-order valence-corrected chi connectivity index (χ0v) is 11.8. The molecule has 1 N–H and O–H groups in total. The quantitative estimate of drug-likeness (QED) is 0.917. The molecule has 7 heteroatoms. The predicted octanol–water partition coefficient (Wildman–Crippen LogP) is 1.72. The van der Waals surface area contributed by atoms with Crippen LogP contribution in [-0.4, -0.2) is 31.4 Å². The van der Waals surface area contributed by atoms with Crippen molar-refractivity contribution in [3.8, 4) is 0 Å². The van der Waals surface area contributed by atoms with E-state index in [-0.39, 0.29) is 12.1 Å². The first kappa shape index (κ1) is 14.6.